The predicted molar refractivity (Wildman–Crippen MR) is 110 cm³/mol. The van der Waals surface area contributed by atoms with Gasteiger partial charge in [-0.05, 0) is 43.5 Å². The maximum atomic E-state index is 10.7. The summed E-state index contributed by atoms with van der Waals surface area (Å²) < 4.78 is 0. The van der Waals surface area contributed by atoms with Gasteiger partial charge in [0.05, 0.1) is 16.7 Å². The van der Waals surface area contributed by atoms with E-state index in [1.165, 1.54) is 5.56 Å². The molecule has 2 aromatic heterocycles. The SMILES string of the molecule is Cc1cc(CSc2nc3ccccc3[nH]2)c(O)c(CCc2ccccc2)n1. The molecule has 4 aromatic rings. The van der Waals surface area contributed by atoms with Gasteiger partial charge in [0.1, 0.15) is 5.75 Å². The van der Waals surface area contributed by atoms with Crippen molar-refractivity contribution in [2.75, 3.05) is 0 Å². The fourth-order valence-corrected chi connectivity index (χ4v) is 4.00. The number of fused-ring (bicyclic) bond motifs is 1. The molecule has 0 aliphatic heterocycles. The lowest BCUT2D eigenvalue weighted by Crippen LogP contribution is -2.00. The summed E-state index contributed by atoms with van der Waals surface area (Å²) in [5, 5.41) is 11.6. The molecule has 0 aliphatic rings. The Labute approximate surface area is 162 Å². The molecule has 0 saturated heterocycles. The number of rotatable bonds is 6. The van der Waals surface area contributed by atoms with Gasteiger partial charge in [-0.3, -0.25) is 4.98 Å². The van der Waals surface area contributed by atoms with E-state index in [9.17, 15) is 5.11 Å². The standard InChI is InChI=1S/C22H21N3OS/c1-15-13-17(14-27-22-24-18-9-5-6-10-19(18)25-22)21(26)20(23-15)12-11-16-7-3-2-4-8-16/h2-10,13,26H,11-12,14H2,1H3,(H,24,25). The Morgan fingerprint density at radius 2 is 1.74 bits per heavy atom. The van der Waals surface area contributed by atoms with E-state index < -0.39 is 0 Å². The molecule has 0 spiro atoms. The Balaban J connectivity index is 1.49. The van der Waals surface area contributed by atoms with Crippen molar-refractivity contribution in [2.45, 2.75) is 30.7 Å². The van der Waals surface area contributed by atoms with Crippen LogP contribution in [0.15, 0.2) is 65.8 Å². The second-order valence-electron chi connectivity index (χ2n) is 6.55. The summed E-state index contributed by atoms with van der Waals surface area (Å²) in [5.74, 6) is 0.952. The number of imidazole rings is 1. The number of aromatic hydroxyl groups is 1. The summed E-state index contributed by atoms with van der Waals surface area (Å²) in [6.45, 7) is 1.97. The van der Waals surface area contributed by atoms with Crippen LogP contribution in [0.4, 0.5) is 0 Å². The first-order valence-corrected chi connectivity index (χ1v) is 9.97. The molecule has 0 bridgehead atoms. The van der Waals surface area contributed by atoms with Gasteiger partial charge in [-0.1, -0.05) is 54.2 Å². The van der Waals surface area contributed by atoms with E-state index in [1.54, 1.807) is 11.8 Å². The van der Waals surface area contributed by atoms with E-state index in [4.69, 9.17) is 0 Å². The first kappa shape index (κ1) is 17.6. The van der Waals surface area contributed by atoms with Gasteiger partial charge in [0, 0.05) is 17.0 Å². The van der Waals surface area contributed by atoms with Crippen molar-refractivity contribution >= 4 is 22.8 Å². The smallest absolute Gasteiger partial charge is 0.166 e. The molecule has 0 saturated carbocycles. The zero-order valence-electron chi connectivity index (χ0n) is 15.1. The minimum absolute atomic E-state index is 0.306. The number of aryl methyl sites for hydroxylation is 3. The molecule has 2 aromatic carbocycles. The molecule has 27 heavy (non-hydrogen) atoms. The number of aromatic nitrogens is 3. The lowest BCUT2D eigenvalue weighted by Gasteiger charge is -2.10. The van der Waals surface area contributed by atoms with Crippen LogP contribution in [0.25, 0.3) is 11.0 Å². The molecule has 4 rings (SSSR count). The Morgan fingerprint density at radius 3 is 2.56 bits per heavy atom. The van der Waals surface area contributed by atoms with Crippen LogP contribution in [-0.2, 0) is 18.6 Å². The van der Waals surface area contributed by atoms with Crippen LogP contribution < -0.4 is 0 Å². The summed E-state index contributed by atoms with van der Waals surface area (Å²) in [4.78, 5) is 12.5. The topological polar surface area (TPSA) is 61.8 Å². The van der Waals surface area contributed by atoms with Crippen molar-refractivity contribution in [3.8, 4) is 5.75 Å². The number of H-pyrrole nitrogens is 1. The summed E-state index contributed by atoms with van der Waals surface area (Å²) in [6.07, 6.45) is 1.58. The zero-order chi connectivity index (χ0) is 18.6. The van der Waals surface area contributed by atoms with Crippen molar-refractivity contribution in [3.63, 3.8) is 0 Å². The molecule has 0 aliphatic carbocycles. The van der Waals surface area contributed by atoms with Gasteiger partial charge in [-0.25, -0.2) is 4.98 Å². The average Bonchev–Trinajstić information content (AvgIpc) is 3.11. The molecule has 0 radical (unpaired) electrons. The number of aromatic amines is 1. The largest absolute Gasteiger partial charge is 0.506 e. The van der Waals surface area contributed by atoms with Crippen LogP contribution in [0.1, 0.15) is 22.5 Å². The molecule has 0 amide bonds. The maximum absolute atomic E-state index is 10.7. The Bertz CT molecular complexity index is 1030. The monoisotopic (exact) mass is 375 g/mol. The van der Waals surface area contributed by atoms with Crippen LogP contribution >= 0.6 is 11.8 Å². The van der Waals surface area contributed by atoms with E-state index in [0.29, 0.717) is 11.5 Å². The number of hydrogen-bond donors (Lipinski definition) is 2. The summed E-state index contributed by atoms with van der Waals surface area (Å²) >= 11 is 1.59. The minimum atomic E-state index is 0.306. The normalized spacial score (nSPS) is 11.1. The number of hydrogen-bond acceptors (Lipinski definition) is 4. The van der Waals surface area contributed by atoms with E-state index >= 15 is 0 Å². The van der Waals surface area contributed by atoms with Gasteiger partial charge in [0.15, 0.2) is 5.16 Å². The quantitative estimate of drug-likeness (QED) is 0.463. The van der Waals surface area contributed by atoms with E-state index in [1.807, 2.05) is 55.5 Å². The van der Waals surface area contributed by atoms with E-state index in [0.717, 1.165) is 46.0 Å². The summed E-state index contributed by atoms with van der Waals surface area (Å²) in [7, 11) is 0. The van der Waals surface area contributed by atoms with Gasteiger partial charge in [0.25, 0.3) is 0 Å². The van der Waals surface area contributed by atoms with Gasteiger partial charge in [-0.15, -0.1) is 0 Å². The van der Waals surface area contributed by atoms with Crippen molar-refractivity contribution < 1.29 is 5.11 Å². The lowest BCUT2D eigenvalue weighted by molar-refractivity contribution is 0.458. The van der Waals surface area contributed by atoms with Gasteiger partial charge in [0.2, 0.25) is 0 Å². The number of nitrogens with zero attached hydrogens (tertiary/aromatic N) is 2. The summed E-state index contributed by atoms with van der Waals surface area (Å²) in [6, 6.07) is 20.2. The van der Waals surface area contributed by atoms with Crippen molar-refractivity contribution in [1.29, 1.82) is 0 Å². The van der Waals surface area contributed by atoms with Gasteiger partial charge in [-0.2, -0.15) is 0 Å². The third-order valence-electron chi connectivity index (χ3n) is 4.50. The maximum Gasteiger partial charge on any atom is 0.166 e. The lowest BCUT2D eigenvalue weighted by atomic mass is 10.1. The fraction of sp³-hybridized carbons (Fsp3) is 0.182. The second kappa shape index (κ2) is 7.84. The highest BCUT2D eigenvalue weighted by molar-refractivity contribution is 7.98. The van der Waals surface area contributed by atoms with Crippen LogP contribution in [-0.4, -0.2) is 20.1 Å². The number of thioether (sulfide) groups is 1. The Kier molecular flexibility index (Phi) is 5.12. The minimum Gasteiger partial charge on any atom is -0.506 e. The number of pyridine rings is 1. The average molecular weight is 375 g/mol. The van der Waals surface area contributed by atoms with Crippen LogP contribution in [0.5, 0.6) is 5.75 Å². The van der Waals surface area contributed by atoms with Crippen molar-refractivity contribution in [1.82, 2.24) is 15.0 Å². The molecule has 0 atom stereocenters. The molecule has 4 nitrogen and oxygen atoms in total. The zero-order valence-corrected chi connectivity index (χ0v) is 16.0. The van der Waals surface area contributed by atoms with E-state index in [-0.39, 0.29) is 0 Å². The molecule has 0 unspecified atom stereocenters. The first-order chi connectivity index (χ1) is 13.2. The van der Waals surface area contributed by atoms with Crippen molar-refractivity contribution in [3.05, 3.63) is 83.2 Å². The Morgan fingerprint density at radius 1 is 0.963 bits per heavy atom. The first-order valence-electron chi connectivity index (χ1n) is 8.99. The van der Waals surface area contributed by atoms with Gasteiger partial charge >= 0.3 is 0 Å². The highest BCUT2D eigenvalue weighted by Crippen LogP contribution is 2.30. The Hall–Kier alpha value is -2.79. The third kappa shape index (κ3) is 4.14. The number of benzene rings is 2. The predicted octanol–water partition coefficient (Wildman–Crippen LogP) is 5.05. The highest BCUT2D eigenvalue weighted by Gasteiger charge is 2.12. The summed E-state index contributed by atoms with van der Waals surface area (Å²) in [5.41, 5.74) is 5.82. The second-order valence-corrected chi connectivity index (χ2v) is 7.52. The van der Waals surface area contributed by atoms with E-state index in [2.05, 4.69) is 27.1 Å². The molecule has 2 N–H and O–H groups in total. The molecule has 136 valence electrons. The van der Waals surface area contributed by atoms with Crippen LogP contribution in [0, 0.1) is 6.92 Å². The highest BCUT2D eigenvalue weighted by atomic mass is 32.2. The fourth-order valence-electron chi connectivity index (χ4n) is 3.14. The molecular formula is C22H21N3OS. The van der Waals surface area contributed by atoms with Crippen LogP contribution in [0.3, 0.4) is 0 Å². The van der Waals surface area contributed by atoms with Gasteiger partial charge < -0.3 is 10.1 Å². The van der Waals surface area contributed by atoms with Crippen LogP contribution in [0.2, 0.25) is 0 Å². The number of para-hydroxylation sites is 2. The molecule has 2 heterocycles. The number of nitrogens with one attached hydrogen (secondary N) is 1. The van der Waals surface area contributed by atoms with Crippen molar-refractivity contribution in [2.24, 2.45) is 0 Å². The molecular weight excluding hydrogens is 354 g/mol. The molecule has 0 fully saturated rings. The molecule has 5 heteroatoms. The third-order valence-corrected chi connectivity index (χ3v) is 5.42.